The number of hydrogen-bond donors (Lipinski definition) is 2. The number of nitrogens with one attached hydrogen (secondary N) is 2. The van der Waals surface area contributed by atoms with Crippen LogP contribution < -0.4 is 15.6 Å². The van der Waals surface area contributed by atoms with Crippen molar-refractivity contribution in [3.63, 3.8) is 0 Å². The van der Waals surface area contributed by atoms with E-state index in [0.29, 0.717) is 28.7 Å². The standard InChI is InChI=1S/C20H18N6O2S/c1-12-14-6-5-7-15(28-2)18(14)25-19(22-12)26-20-23-13(10-16(27)24-20)11-29-17-8-3-4-9-21-17/h3-10H,11H2,1-2H3,(H2,22,23,24,25,26,27). The second kappa shape index (κ2) is 8.27. The summed E-state index contributed by atoms with van der Waals surface area (Å²) in [5.74, 6) is 1.78. The number of hydrogen-bond acceptors (Lipinski definition) is 8. The average Bonchev–Trinajstić information content (AvgIpc) is 2.72. The van der Waals surface area contributed by atoms with Gasteiger partial charge in [-0.15, -0.1) is 11.8 Å². The summed E-state index contributed by atoms with van der Waals surface area (Å²) in [6.45, 7) is 1.89. The molecule has 4 rings (SSSR count). The van der Waals surface area contributed by atoms with Gasteiger partial charge < -0.3 is 4.74 Å². The lowest BCUT2D eigenvalue weighted by molar-refractivity contribution is 0.419. The Kier molecular flexibility index (Phi) is 5.39. The van der Waals surface area contributed by atoms with Crippen LogP contribution in [0.15, 0.2) is 58.5 Å². The zero-order valence-corrected chi connectivity index (χ0v) is 16.7. The number of aryl methyl sites for hydroxylation is 1. The van der Waals surface area contributed by atoms with Crippen molar-refractivity contribution in [3.05, 3.63) is 70.4 Å². The Morgan fingerprint density at radius 3 is 2.83 bits per heavy atom. The molecule has 0 unspecified atom stereocenters. The molecule has 0 spiro atoms. The molecule has 0 bridgehead atoms. The lowest BCUT2D eigenvalue weighted by Gasteiger charge is -2.10. The number of benzene rings is 1. The summed E-state index contributed by atoms with van der Waals surface area (Å²) in [4.78, 5) is 32.5. The molecule has 0 fully saturated rings. The first kappa shape index (κ1) is 18.9. The van der Waals surface area contributed by atoms with E-state index in [1.807, 2.05) is 43.3 Å². The Bertz CT molecular complexity index is 1210. The maximum Gasteiger partial charge on any atom is 0.252 e. The highest BCUT2D eigenvalue weighted by molar-refractivity contribution is 7.98. The SMILES string of the molecule is COc1cccc2c(C)nc(Nc3nc(CSc4ccccn4)cc(=O)[nH]3)nc12. The molecule has 8 nitrogen and oxygen atoms in total. The minimum absolute atomic E-state index is 0.255. The third-order valence-corrected chi connectivity index (χ3v) is 5.11. The van der Waals surface area contributed by atoms with E-state index < -0.39 is 0 Å². The van der Waals surface area contributed by atoms with Crippen LogP contribution in [0.3, 0.4) is 0 Å². The third kappa shape index (κ3) is 4.35. The van der Waals surface area contributed by atoms with E-state index in [1.165, 1.54) is 17.8 Å². The van der Waals surface area contributed by atoms with Crippen LogP contribution in [0, 0.1) is 6.92 Å². The fourth-order valence-electron chi connectivity index (χ4n) is 2.83. The molecule has 0 amide bonds. The van der Waals surface area contributed by atoms with E-state index >= 15 is 0 Å². The van der Waals surface area contributed by atoms with Crippen molar-refractivity contribution in [2.75, 3.05) is 12.4 Å². The number of nitrogens with zero attached hydrogens (tertiary/aromatic N) is 4. The van der Waals surface area contributed by atoms with Gasteiger partial charge >= 0.3 is 0 Å². The molecule has 4 aromatic rings. The number of para-hydroxylation sites is 1. The predicted molar refractivity (Wildman–Crippen MR) is 113 cm³/mol. The largest absolute Gasteiger partial charge is 0.494 e. The zero-order chi connectivity index (χ0) is 20.2. The van der Waals surface area contributed by atoms with Crippen LogP contribution in [0.5, 0.6) is 5.75 Å². The van der Waals surface area contributed by atoms with E-state index in [1.54, 1.807) is 13.3 Å². The van der Waals surface area contributed by atoms with Crippen molar-refractivity contribution in [2.24, 2.45) is 0 Å². The van der Waals surface area contributed by atoms with Crippen molar-refractivity contribution in [3.8, 4) is 5.75 Å². The number of aromatic nitrogens is 5. The number of fused-ring (bicyclic) bond motifs is 1. The van der Waals surface area contributed by atoms with Gasteiger partial charge in [0.25, 0.3) is 5.56 Å². The topological polar surface area (TPSA) is 106 Å². The number of rotatable bonds is 6. The summed E-state index contributed by atoms with van der Waals surface area (Å²) >= 11 is 1.50. The normalized spacial score (nSPS) is 10.8. The molecule has 29 heavy (non-hydrogen) atoms. The number of pyridine rings is 1. The highest BCUT2D eigenvalue weighted by Gasteiger charge is 2.11. The van der Waals surface area contributed by atoms with Gasteiger partial charge in [0, 0.05) is 23.4 Å². The number of anilines is 2. The van der Waals surface area contributed by atoms with Crippen LogP contribution in [-0.2, 0) is 5.75 Å². The molecule has 0 saturated heterocycles. The van der Waals surface area contributed by atoms with Crippen LogP contribution in [0.25, 0.3) is 10.9 Å². The van der Waals surface area contributed by atoms with Gasteiger partial charge in [0.05, 0.1) is 23.5 Å². The van der Waals surface area contributed by atoms with Crippen LogP contribution in [0.4, 0.5) is 11.9 Å². The van der Waals surface area contributed by atoms with Gasteiger partial charge in [-0.25, -0.2) is 19.9 Å². The van der Waals surface area contributed by atoms with Crippen LogP contribution in [-0.4, -0.2) is 32.0 Å². The number of ether oxygens (including phenoxy) is 1. The molecule has 0 saturated carbocycles. The molecule has 0 atom stereocenters. The minimum atomic E-state index is -0.255. The summed E-state index contributed by atoms with van der Waals surface area (Å²) < 4.78 is 5.40. The lowest BCUT2D eigenvalue weighted by atomic mass is 10.2. The molecule has 0 aliphatic heterocycles. The van der Waals surface area contributed by atoms with Crippen molar-refractivity contribution < 1.29 is 4.74 Å². The number of thioether (sulfide) groups is 1. The molecule has 1 aromatic carbocycles. The Labute approximate surface area is 170 Å². The molecule has 146 valence electrons. The van der Waals surface area contributed by atoms with Crippen molar-refractivity contribution >= 4 is 34.6 Å². The smallest absolute Gasteiger partial charge is 0.252 e. The molecular formula is C20H18N6O2S. The van der Waals surface area contributed by atoms with E-state index in [-0.39, 0.29) is 11.5 Å². The number of aromatic amines is 1. The molecule has 0 aliphatic rings. The Morgan fingerprint density at radius 1 is 1.14 bits per heavy atom. The fraction of sp³-hybridized carbons (Fsp3) is 0.150. The summed E-state index contributed by atoms with van der Waals surface area (Å²) in [6, 6.07) is 12.8. The Hall–Kier alpha value is -3.46. The number of methoxy groups -OCH3 is 1. The van der Waals surface area contributed by atoms with Crippen molar-refractivity contribution in [1.29, 1.82) is 0 Å². The van der Waals surface area contributed by atoms with Gasteiger partial charge in [0.2, 0.25) is 11.9 Å². The first-order chi connectivity index (χ1) is 14.1. The molecular weight excluding hydrogens is 388 g/mol. The fourth-order valence-corrected chi connectivity index (χ4v) is 3.58. The van der Waals surface area contributed by atoms with Gasteiger partial charge in [-0.1, -0.05) is 18.2 Å². The highest BCUT2D eigenvalue weighted by atomic mass is 32.2. The summed E-state index contributed by atoms with van der Waals surface area (Å²) in [7, 11) is 1.60. The second-order valence-corrected chi connectivity index (χ2v) is 7.15. The predicted octanol–water partition coefficient (Wildman–Crippen LogP) is 3.46. The van der Waals surface area contributed by atoms with Gasteiger partial charge in [-0.3, -0.25) is 15.1 Å². The van der Waals surface area contributed by atoms with Gasteiger partial charge in [0.1, 0.15) is 11.3 Å². The zero-order valence-electron chi connectivity index (χ0n) is 15.8. The summed E-state index contributed by atoms with van der Waals surface area (Å²) in [5.41, 5.74) is 1.85. The highest BCUT2D eigenvalue weighted by Crippen LogP contribution is 2.26. The molecule has 2 N–H and O–H groups in total. The summed E-state index contributed by atoms with van der Waals surface area (Å²) in [5, 5.41) is 4.76. The maximum absolute atomic E-state index is 12.1. The van der Waals surface area contributed by atoms with E-state index in [2.05, 4.69) is 30.2 Å². The van der Waals surface area contributed by atoms with E-state index in [4.69, 9.17) is 4.74 Å². The quantitative estimate of drug-likeness (QED) is 0.469. The minimum Gasteiger partial charge on any atom is -0.494 e. The average molecular weight is 406 g/mol. The monoisotopic (exact) mass is 406 g/mol. The second-order valence-electron chi connectivity index (χ2n) is 6.16. The first-order valence-corrected chi connectivity index (χ1v) is 9.83. The first-order valence-electron chi connectivity index (χ1n) is 8.85. The van der Waals surface area contributed by atoms with Crippen molar-refractivity contribution in [1.82, 2.24) is 24.9 Å². The van der Waals surface area contributed by atoms with Crippen LogP contribution >= 0.6 is 11.8 Å². The molecule has 0 radical (unpaired) electrons. The van der Waals surface area contributed by atoms with Gasteiger partial charge in [-0.05, 0) is 25.1 Å². The van der Waals surface area contributed by atoms with E-state index in [0.717, 1.165) is 16.1 Å². The van der Waals surface area contributed by atoms with Crippen LogP contribution in [0.1, 0.15) is 11.4 Å². The van der Waals surface area contributed by atoms with Crippen LogP contribution in [0.2, 0.25) is 0 Å². The lowest BCUT2D eigenvalue weighted by Crippen LogP contribution is -2.13. The number of H-pyrrole nitrogens is 1. The molecule has 0 aliphatic carbocycles. The molecule has 9 heteroatoms. The Balaban J connectivity index is 1.61. The van der Waals surface area contributed by atoms with Gasteiger partial charge in [-0.2, -0.15) is 0 Å². The van der Waals surface area contributed by atoms with Gasteiger partial charge in [0.15, 0.2) is 0 Å². The molecule has 3 heterocycles. The Morgan fingerprint density at radius 2 is 2.03 bits per heavy atom. The maximum atomic E-state index is 12.1. The summed E-state index contributed by atoms with van der Waals surface area (Å²) in [6.07, 6.45) is 1.73. The molecule has 3 aromatic heterocycles. The third-order valence-electron chi connectivity index (χ3n) is 4.13. The van der Waals surface area contributed by atoms with E-state index in [9.17, 15) is 4.79 Å². The van der Waals surface area contributed by atoms with Crippen molar-refractivity contribution in [2.45, 2.75) is 17.7 Å².